The Morgan fingerprint density at radius 3 is 2.65 bits per heavy atom. The van der Waals surface area contributed by atoms with E-state index in [2.05, 4.69) is 26.3 Å². The Hall–Kier alpha value is -3.67. The number of benzene rings is 1. The molecular weight excluding hydrogens is 531 g/mol. The Balaban J connectivity index is 1.21. The van der Waals surface area contributed by atoms with Crippen LogP contribution in [0.1, 0.15) is 30.0 Å². The molecule has 0 atom stereocenters. The SMILES string of the molecule is O=C(C1COC(Cc2nc(-c3ccc(F)cc3)c(-c3ncncc3NCc3cccs3)[nH]2)OC1)N1CCCCC1. The zero-order valence-electron chi connectivity index (χ0n) is 22.0. The number of rotatable bonds is 8. The summed E-state index contributed by atoms with van der Waals surface area (Å²) in [5.41, 5.74) is 3.48. The number of aromatic amines is 1. The lowest BCUT2D eigenvalue weighted by Crippen LogP contribution is -2.46. The van der Waals surface area contributed by atoms with E-state index in [1.54, 1.807) is 29.7 Å². The van der Waals surface area contributed by atoms with Gasteiger partial charge in [-0.3, -0.25) is 4.79 Å². The molecule has 4 aromatic rings. The number of hydrogen-bond acceptors (Lipinski definition) is 8. The van der Waals surface area contributed by atoms with E-state index in [0.29, 0.717) is 49.1 Å². The van der Waals surface area contributed by atoms with Gasteiger partial charge in [0.25, 0.3) is 0 Å². The molecule has 0 bridgehead atoms. The maximum Gasteiger partial charge on any atom is 0.230 e. The van der Waals surface area contributed by atoms with Crippen molar-refractivity contribution >= 4 is 22.9 Å². The van der Waals surface area contributed by atoms with Crippen LogP contribution in [0.5, 0.6) is 0 Å². The molecule has 0 aliphatic carbocycles. The molecule has 208 valence electrons. The number of halogens is 1. The van der Waals surface area contributed by atoms with Gasteiger partial charge < -0.3 is 24.7 Å². The summed E-state index contributed by atoms with van der Waals surface area (Å²) in [6.45, 7) is 2.90. The molecule has 3 aromatic heterocycles. The highest BCUT2D eigenvalue weighted by molar-refractivity contribution is 7.09. The van der Waals surface area contributed by atoms with Gasteiger partial charge in [-0.1, -0.05) is 6.07 Å². The average Bonchev–Trinajstić information content (AvgIpc) is 3.68. The summed E-state index contributed by atoms with van der Waals surface area (Å²) in [5.74, 6) is 0.152. The molecular formula is C29H31FN6O3S. The molecule has 2 saturated heterocycles. The highest BCUT2D eigenvalue weighted by Gasteiger charge is 2.32. The Bertz CT molecular complexity index is 1410. The molecule has 5 heterocycles. The Labute approximate surface area is 235 Å². The molecule has 0 saturated carbocycles. The van der Waals surface area contributed by atoms with E-state index in [9.17, 15) is 9.18 Å². The topological polar surface area (TPSA) is 105 Å². The first kappa shape index (κ1) is 26.5. The highest BCUT2D eigenvalue weighted by atomic mass is 32.1. The van der Waals surface area contributed by atoms with Crippen molar-refractivity contribution in [3.63, 3.8) is 0 Å². The van der Waals surface area contributed by atoms with Crippen molar-refractivity contribution in [3.05, 3.63) is 70.8 Å². The average molecular weight is 563 g/mol. The molecule has 2 fully saturated rings. The van der Waals surface area contributed by atoms with Crippen LogP contribution < -0.4 is 5.32 Å². The summed E-state index contributed by atoms with van der Waals surface area (Å²) in [6.07, 6.45) is 6.34. The van der Waals surface area contributed by atoms with E-state index < -0.39 is 6.29 Å². The van der Waals surface area contributed by atoms with Gasteiger partial charge in [-0.2, -0.15) is 0 Å². The number of hydrogen-bond donors (Lipinski definition) is 2. The molecule has 11 heteroatoms. The van der Waals surface area contributed by atoms with E-state index in [1.165, 1.54) is 29.8 Å². The summed E-state index contributed by atoms with van der Waals surface area (Å²) >= 11 is 1.67. The van der Waals surface area contributed by atoms with Crippen LogP contribution >= 0.6 is 11.3 Å². The maximum atomic E-state index is 13.7. The van der Waals surface area contributed by atoms with Crippen molar-refractivity contribution in [2.75, 3.05) is 31.6 Å². The third-order valence-electron chi connectivity index (χ3n) is 7.20. The minimum atomic E-state index is -0.535. The summed E-state index contributed by atoms with van der Waals surface area (Å²) in [6, 6.07) is 10.3. The van der Waals surface area contributed by atoms with Crippen LogP contribution in [0.25, 0.3) is 22.6 Å². The predicted octanol–water partition coefficient (Wildman–Crippen LogP) is 4.89. The van der Waals surface area contributed by atoms with Crippen LogP contribution in [-0.2, 0) is 27.2 Å². The lowest BCUT2D eigenvalue weighted by Gasteiger charge is -2.34. The summed E-state index contributed by atoms with van der Waals surface area (Å²) in [4.78, 5) is 33.0. The minimum absolute atomic E-state index is 0.114. The number of amides is 1. The molecule has 2 aliphatic rings. The third kappa shape index (κ3) is 6.06. The number of H-pyrrole nitrogens is 1. The van der Waals surface area contributed by atoms with E-state index in [4.69, 9.17) is 14.5 Å². The van der Waals surface area contributed by atoms with Crippen molar-refractivity contribution in [1.82, 2.24) is 24.8 Å². The van der Waals surface area contributed by atoms with Gasteiger partial charge in [-0.25, -0.2) is 19.3 Å². The number of aromatic nitrogens is 4. The first-order chi connectivity index (χ1) is 19.6. The molecule has 1 amide bonds. The molecule has 0 spiro atoms. The molecule has 40 heavy (non-hydrogen) atoms. The number of piperidine rings is 1. The number of nitrogens with one attached hydrogen (secondary N) is 2. The first-order valence-electron chi connectivity index (χ1n) is 13.6. The van der Waals surface area contributed by atoms with Crippen molar-refractivity contribution in [1.29, 1.82) is 0 Å². The van der Waals surface area contributed by atoms with Gasteiger partial charge in [0, 0.05) is 30.1 Å². The molecule has 1 aromatic carbocycles. The van der Waals surface area contributed by atoms with E-state index >= 15 is 0 Å². The van der Waals surface area contributed by atoms with Gasteiger partial charge in [0.2, 0.25) is 5.91 Å². The first-order valence-corrected chi connectivity index (χ1v) is 14.5. The smallest absolute Gasteiger partial charge is 0.230 e. The number of carbonyl (C=O) groups is 1. The monoisotopic (exact) mass is 562 g/mol. The second-order valence-electron chi connectivity index (χ2n) is 10.0. The standard InChI is InChI=1S/C29H31FN6O3S/c30-21-8-6-19(7-9-21)26-28(27-23(15-31-18-33-27)32-14-22-5-4-12-40-22)35-24(34-26)13-25-38-16-20(17-39-25)29(37)36-10-2-1-3-11-36/h4-9,12,15,18,20,25,32H,1-3,10-11,13-14,16-17H2,(H,34,35). The third-order valence-corrected chi connectivity index (χ3v) is 8.07. The number of ether oxygens (including phenoxy) is 2. The van der Waals surface area contributed by atoms with Crippen LogP contribution in [0.3, 0.4) is 0 Å². The molecule has 0 radical (unpaired) electrons. The van der Waals surface area contributed by atoms with Gasteiger partial charge in [0.1, 0.15) is 23.7 Å². The Kier molecular flexibility index (Phi) is 8.12. The van der Waals surface area contributed by atoms with Gasteiger partial charge in [-0.15, -0.1) is 11.3 Å². The van der Waals surface area contributed by atoms with Crippen LogP contribution in [0.15, 0.2) is 54.3 Å². The van der Waals surface area contributed by atoms with Gasteiger partial charge >= 0.3 is 0 Å². The second-order valence-corrected chi connectivity index (χ2v) is 11.0. The largest absolute Gasteiger partial charge is 0.377 e. The van der Waals surface area contributed by atoms with Crippen molar-refractivity contribution in [2.45, 2.75) is 38.5 Å². The number of carbonyl (C=O) groups excluding carboxylic acids is 1. The minimum Gasteiger partial charge on any atom is -0.377 e. The van der Waals surface area contributed by atoms with E-state index in [1.807, 2.05) is 16.3 Å². The normalized spacial score (nSPS) is 19.5. The summed E-state index contributed by atoms with van der Waals surface area (Å²) in [7, 11) is 0. The van der Waals surface area contributed by atoms with Crippen molar-refractivity contribution in [3.8, 4) is 22.6 Å². The van der Waals surface area contributed by atoms with Crippen LogP contribution in [0.4, 0.5) is 10.1 Å². The van der Waals surface area contributed by atoms with Gasteiger partial charge in [0.15, 0.2) is 6.29 Å². The fraction of sp³-hybridized carbons (Fsp3) is 0.379. The number of nitrogens with zero attached hydrogens (tertiary/aromatic N) is 4. The van der Waals surface area contributed by atoms with E-state index in [0.717, 1.165) is 37.2 Å². The van der Waals surface area contributed by atoms with Crippen molar-refractivity contribution in [2.24, 2.45) is 5.92 Å². The molecule has 2 aliphatic heterocycles. The molecule has 0 unspecified atom stereocenters. The number of anilines is 1. The quantitative estimate of drug-likeness (QED) is 0.315. The highest BCUT2D eigenvalue weighted by Crippen LogP contribution is 2.34. The summed E-state index contributed by atoms with van der Waals surface area (Å²) in [5, 5.41) is 5.46. The summed E-state index contributed by atoms with van der Waals surface area (Å²) < 4.78 is 25.7. The van der Waals surface area contributed by atoms with Crippen LogP contribution in [0, 0.1) is 11.7 Å². The zero-order valence-corrected chi connectivity index (χ0v) is 22.8. The van der Waals surface area contributed by atoms with Crippen LogP contribution in [0.2, 0.25) is 0 Å². The lowest BCUT2D eigenvalue weighted by molar-refractivity contribution is -0.204. The predicted molar refractivity (Wildman–Crippen MR) is 150 cm³/mol. The second kappa shape index (κ2) is 12.2. The maximum absolute atomic E-state index is 13.7. The fourth-order valence-corrected chi connectivity index (χ4v) is 5.74. The fourth-order valence-electron chi connectivity index (χ4n) is 5.09. The van der Waals surface area contributed by atoms with Crippen LogP contribution in [-0.4, -0.2) is 63.3 Å². The Morgan fingerprint density at radius 1 is 1.10 bits per heavy atom. The van der Waals surface area contributed by atoms with Gasteiger partial charge in [0.05, 0.1) is 48.8 Å². The Morgan fingerprint density at radius 2 is 1.90 bits per heavy atom. The number of likely N-dealkylation sites (tertiary alicyclic amines) is 1. The van der Waals surface area contributed by atoms with Gasteiger partial charge in [-0.05, 0) is 55.0 Å². The molecule has 6 rings (SSSR count). The van der Waals surface area contributed by atoms with Crippen molar-refractivity contribution < 1.29 is 18.7 Å². The molecule has 9 nitrogen and oxygen atoms in total. The number of imidazole rings is 1. The zero-order chi connectivity index (χ0) is 27.3. The molecule has 2 N–H and O–H groups in total. The van der Waals surface area contributed by atoms with E-state index in [-0.39, 0.29) is 17.6 Å². The lowest BCUT2D eigenvalue weighted by atomic mass is 10.1. The number of thiophene rings is 1.